The normalized spacial score (nSPS) is 23.3. The second-order valence-electron chi connectivity index (χ2n) is 5.56. The van der Waals surface area contributed by atoms with E-state index in [1.165, 1.54) is 6.92 Å². The van der Waals surface area contributed by atoms with Gasteiger partial charge in [0, 0.05) is 11.3 Å². The number of fused-ring (bicyclic) bond motifs is 1. The minimum absolute atomic E-state index is 0.0330. The molecule has 2 rings (SSSR count). The van der Waals surface area contributed by atoms with Crippen LogP contribution in [0, 0.1) is 5.92 Å². The van der Waals surface area contributed by atoms with Crippen molar-refractivity contribution < 1.29 is 41.4 Å². The monoisotopic (exact) mass is 407 g/mol. The largest absolute Gasteiger partial charge is 0.477 e. The molecule has 2 heterocycles. The van der Waals surface area contributed by atoms with E-state index in [1.807, 2.05) is 0 Å². The maximum absolute atomic E-state index is 12.3. The summed E-state index contributed by atoms with van der Waals surface area (Å²) in [5.41, 5.74) is -0.286. The second kappa shape index (κ2) is 7.39. The molecule has 3 atom stereocenters. The number of carbonyl (C=O) groups excluding carboxylic acids is 2. The maximum Gasteiger partial charge on any atom is 0.397 e. The lowest BCUT2D eigenvalue weighted by Crippen LogP contribution is -2.62. The van der Waals surface area contributed by atoms with Gasteiger partial charge in [-0.3, -0.25) is 9.35 Å². The molecule has 0 aromatic carbocycles. The Morgan fingerprint density at radius 2 is 2.08 bits per heavy atom. The Morgan fingerprint density at radius 1 is 1.46 bits per heavy atom. The van der Waals surface area contributed by atoms with E-state index in [1.54, 1.807) is 6.92 Å². The number of esters is 1. The van der Waals surface area contributed by atoms with Crippen molar-refractivity contribution in [3.63, 3.8) is 0 Å². The molecule has 144 valence electrons. The van der Waals surface area contributed by atoms with Gasteiger partial charge in [0.1, 0.15) is 5.70 Å². The summed E-state index contributed by atoms with van der Waals surface area (Å²) in [7, 11) is -4.76. The quantitative estimate of drug-likeness (QED) is 0.253. The molecule has 26 heavy (non-hydrogen) atoms. The molecule has 0 radical (unpaired) electrons. The lowest BCUT2D eigenvalue weighted by molar-refractivity contribution is -0.160. The van der Waals surface area contributed by atoms with E-state index in [4.69, 9.17) is 9.29 Å². The zero-order chi connectivity index (χ0) is 19.8. The Balaban J connectivity index is 2.20. The van der Waals surface area contributed by atoms with Gasteiger partial charge in [-0.05, 0) is 13.8 Å². The Kier molecular flexibility index (Phi) is 5.80. The molecule has 0 unspecified atom stereocenters. The fourth-order valence-electron chi connectivity index (χ4n) is 2.96. The van der Waals surface area contributed by atoms with Crippen molar-refractivity contribution in [2.24, 2.45) is 5.92 Å². The average molecular weight is 407 g/mol. The predicted molar refractivity (Wildman–Crippen MR) is 88.9 cm³/mol. The number of ether oxygens (including phenoxy) is 1. The van der Waals surface area contributed by atoms with Gasteiger partial charge < -0.3 is 14.7 Å². The topological polar surface area (TPSA) is 148 Å². The van der Waals surface area contributed by atoms with Crippen molar-refractivity contribution in [1.29, 1.82) is 0 Å². The molecule has 10 nitrogen and oxygen atoms in total. The van der Waals surface area contributed by atoms with Crippen LogP contribution in [-0.4, -0.2) is 59.6 Å². The van der Waals surface area contributed by atoms with Crippen LogP contribution in [0.1, 0.15) is 20.3 Å². The van der Waals surface area contributed by atoms with E-state index in [9.17, 15) is 27.9 Å². The number of carboxylic acid groups (broad SMARTS) is 1. The number of thioether (sulfide) groups is 1. The minimum Gasteiger partial charge on any atom is -0.477 e. The van der Waals surface area contributed by atoms with Gasteiger partial charge in [0.2, 0.25) is 5.91 Å². The van der Waals surface area contributed by atoms with E-state index < -0.39 is 46.3 Å². The van der Waals surface area contributed by atoms with Crippen LogP contribution in [0.15, 0.2) is 22.1 Å². The molecule has 2 N–H and O–H groups in total. The third-order valence-corrected chi connectivity index (χ3v) is 5.47. The highest BCUT2D eigenvalue weighted by atomic mass is 32.3. The molecular formula is C14H17NO9S2. The molecule has 2 aliphatic rings. The Hall–Kier alpha value is -1.89. The highest BCUT2D eigenvalue weighted by Crippen LogP contribution is 2.48. The Labute approximate surface area is 153 Å². The van der Waals surface area contributed by atoms with E-state index >= 15 is 0 Å². The average Bonchev–Trinajstić information content (AvgIpc) is 2.80. The summed E-state index contributed by atoms with van der Waals surface area (Å²) in [6.07, 6.45) is -1.09. The van der Waals surface area contributed by atoms with Crippen LogP contribution >= 0.6 is 11.8 Å². The van der Waals surface area contributed by atoms with Crippen LogP contribution in [0.4, 0.5) is 0 Å². The third-order valence-electron chi connectivity index (χ3n) is 3.90. The zero-order valence-corrected chi connectivity index (χ0v) is 15.5. The first-order valence-corrected chi connectivity index (χ1v) is 9.65. The molecular weight excluding hydrogens is 390 g/mol. The number of carbonyl (C=O) groups is 3. The lowest BCUT2D eigenvalue weighted by Gasteiger charge is -2.45. The van der Waals surface area contributed by atoms with E-state index in [-0.39, 0.29) is 28.5 Å². The summed E-state index contributed by atoms with van der Waals surface area (Å²) in [6.45, 7) is 6.57. The van der Waals surface area contributed by atoms with Crippen molar-refractivity contribution in [1.82, 2.24) is 4.90 Å². The highest BCUT2D eigenvalue weighted by molar-refractivity contribution is 8.07. The second-order valence-corrected chi connectivity index (χ2v) is 7.79. The van der Waals surface area contributed by atoms with E-state index in [0.717, 1.165) is 16.7 Å². The Morgan fingerprint density at radius 3 is 2.58 bits per heavy atom. The van der Waals surface area contributed by atoms with Gasteiger partial charge in [-0.25, -0.2) is 13.8 Å². The smallest absolute Gasteiger partial charge is 0.397 e. The summed E-state index contributed by atoms with van der Waals surface area (Å²) < 4.78 is 39.6. The van der Waals surface area contributed by atoms with Crippen molar-refractivity contribution in [3.05, 3.63) is 22.1 Å². The molecule has 1 fully saturated rings. The molecule has 0 spiro atoms. The molecule has 1 saturated heterocycles. The third kappa shape index (κ3) is 3.92. The van der Waals surface area contributed by atoms with E-state index in [2.05, 4.69) is 10.8 Å². The van der Waals surface area contributed by atoms with Crippen LogP contribution in [0.3, 0.4) is 0 Å². The SMILES string of the molecule is C=C(SC1=C(C(=O)O)N2C(=O)[C@@H]([C@H](C)OS(=O)(=O)O)[C@H]2C1)C(=O)OCC. The fourth-order valence-corrected chi connectivity index (χ4v) is 4.44. The summed E-state index contributed by atoms with van der Waals surface area (Å²) in [5.74, 6) is -3.64. The summed E-state index contributed by atoms with van der Waals surface area (Å²) in [5, 5.41) is 9.41. The van der Waals surface area contributed by atoms with Gasteiger partial charge in [-0.15, -0.1) is 0 Å². The molecule has 0 saturated carbocycles. The van der Waals surface area contributed by atoms with Crippen LogP contribution < -0.4 is 0 Å². The van der Waals surface area contributed by atoms with E-state index in [0.29, 0.717) is 0 Å². The van der Waals surface area contributed by atoms with Crippen molar-refractivity contribution in [2.45, 2.75) is 32.4 Å². The van der Waals surface area contributed by atoms with Crippen LogP contribution in [0.25, 0.3) is 0 Å². The molecule has 0 aliphatic carbocycles. The molecule has 0 bridgehead atoms. The van der Waals surface area contributed by atoms with Crippen molar-refractivity contribution in [3.8, 4) is 0 Å². The summed E-state index contributed by atoms with van der Waals surface area (Å²) >= 11 is 0.796. The van der Waals surface area contributed by atoms with Gasteiger partial charge in [-0.2, -0.15) is 8.42 Å². The number of hydrogen-bond donors (Lipinski definition) is 2. The number of hydrogen-bond acceptors (Lipinski definition) is 8. The van der Waals surface area contributed by atoms with Crippen molar-refractivity contribution >= 4 is 40.0 Å². The summed E-state index contributed by atoms with van der Waals surface area (Å²) in [6, 6.07) is -0.650. The van der Waals surface area contributed by atoms with Crippen LogP contribution in [0.2, 0.25) is 0 Å². The van der Waals surface area contributed by atoms with Gasteiger partial charge >= 0.3 is 22.3 Å². The lowest BCUT2D eigenvalue weighted by atomic mass is 9.83. The van der Waals surface area contributed by atoms with Crippen molar-refractivity contribution in [2.75, 3.05) is 6.61 Å². The number of carboxylic acids is 1. The first-order valence-electron chi connectivity index (χ1n) is 7.47. The molecule has 0 aromatic rings. The van der Waals surface area contributed by atoms with Crippen LogP contribution in [0.5, 0.6) is 0 Å². The number of amides is 1. The molecule has 2 aliphatic heterocycles. The van der Waals surface area contributed by atoms with Gasteiger partial charge in [-0.1, -0.05) is 18.3 Å². The molecule has 12 heteroatoms. The first-order chi connectivity index (χ1) is 12.0. The number of β-lactam (4-membered cyclic amide) rings is 1. The fraction of sp³-hybridized carbons (Fsp3) is 0.500. The standard InChI is InChI=1S/C14H17NO9S2/c1-4-23-14(19)7(3)25-9-5-8-10(6(2)24-26(20,21)22)12(16)15(8)11(9)13(17)18/h6,8,10H,3-5H2,1-2H3,(H,17,18)(H,20,21,22)/t6-,8+,10-/m0/s1. The minimum atomic E-state index is -4.76. The first kappa shape index (κ1) is 20.4. The molecule has 1 amide bonds. The van der Waals surface area contributed by atoms with Gasteiger partial charge in [0.15, 0.2) is 0 Å². The Bertz CT molecular complexity index is 801. The molecule has 0 aromatic heterocycles. The predicted octanol–water partition coefficient (Wildman–Crippen LogP) is 0.531. The van der Waals surface area contributed by atoms with Gasteiger partial charge in [0.05, 0.1) is 29.6 Å². The zero-order valence-electron chi connectivity index (χ0n) is 13.9. The number of aliphatic carboxylic acids is 1. The maximum atomic E-state index is 12.3. The van der Waals surface area contributed by atoms with Crippen LogP contribution in [-0.2, 0) is 33.7 Å². The number of rotatable bonds is 8. The summed E-state index contributed by atoms with van der Waals surface area (Å²) in [4.78, 5) is 36.7. The highest BCUT2D eigenvalue weighted by Gasteiger charge is 2.58. The van der Waals surface area contributed by atoms with Gasteiger partial charge in [0.25, 0.3) is 0 Å². The number of nitrogens with zero attached hydrogens (tertiary/aromatic N) is 1.